The molecule has 2 N–H and O–H groups in total. The van der Waals surface area contributed by atoms with Crippen LogP contribution in [-0.2, 0) is 16.0 Å². The second-order valence-electron chi connectivity index (χ2n) is 6.23. The molecule has 1 atom stereocenters. The number of nitrogens with zero attached hydrogens (tertiary/aromatic N) is 1. The number of aryl methyl sites for hydroxylation is 1. The number of anilines is 1. The molecule has 0 bridgehead atoms. The Morgan fingerprint density at radius 1 is 1.00 bits per heavy atom. The number of nitrogens with one attached hydrogen (secondary N) is 2. The number of rotatable bonds is 8. The molecular formula is C21H23N3O2. The molecule has 0 aliphatic carbocycles. The molecule has 2 amide bonds. The van der Waals surface area contributed by atoms with Crippen molar-refractivity contribution in [1.82, 2.24) is 5.32 Å². The molecule has 134 valence electrons. The van der Waals surface area contributed by atoms with Crippen LogP contribution in [0.3, 0.4) is 0 Å². The number of carbonyl (C=O) groups excluding carboxylic acids is 2. The van der Waals surface area contributed by atoms with Gasteiger partial charge in [0, 0.05) is 24.6 Å². The van der Waals surface area contributed by atoms with Crippen molar-refractivity contribution in [2.24, 2.45) is 0 Å². The van der Waals surface area contributed by atoms with Gasteiger partial charge in [-0.2, -0.15) is 5.26 Å². The summed E-state index contributed by atoms with van der Waals surface area (Å²) in [4.78, 5) is 23.9. The number of amides is 2. The Bertz CT molecular complexity index is 764. The summed E-state index contributed by atoms with van der Waals surface area (Å²) in [5.74, 6) is -0.345. The van der Waals surface area contributed by atoms with Crippen molar-refractivity contribution >= 4 is 17.5 Å². The minimum atomic E-state index is -0.221. The fourth-order valence-corrected chi connectivity index (χ4v) is 2.53. The largest absolute Gasteiger partial charge is 0.354 e. The first-order chi connectivity index (χ1) is 12.6. The highest BCUT2D eigenvalue weighted by molar-refractivity contribution is 5.93. The third kappa shape index (κ3) is 6.78. The molecular weight excluding hydrogens is 326 g/mol. The predicted octanol–water partition coefficient (Wildman–Crippen LogP) is 3.41. The zero-order valence-electron chi connectivity index (χ0n) is 14.9. The highest BCUT2D eigenvalue weighted by Crippen LogP contribution is 2.10. The maximum absolute atomic E-state index is 12.0. The van der Waals surface area contributed by atoms with Crippen LogP contribution < -0.4 is 10.6 Å². The van der Waals surface area contributed by atoms with Gasteiger partial charge in [0.15, 0.2) is 0 Å². The standard InChI is InChI=1S/C21H23N3O2/c1-16(7-8-17-5-3-2-4-6-17)23-20(25)13-14-21(26)24-19-11-9-18(15-22)10-12-19/h2-6,9-12,16H,7-8,13-14H2,1H3,(H,23,25)(H,24,26). The van der Waals surface area contributed by atoms with Gasteiger partial charge in [-0.15, -0.1) is 0 Å². The predicted molar refractivity (Wildman–Crippen MR) is 101 cm³/mol. The molecule has 5 nitrogen and oxygen atoms in total. The lowest BCUT2D eigenvalue weighted by molar-refractivity contribution is -0.124. The van der Waals surface area contributed by atoms with Crippen LogP contribution in [0.2, 0.25) is 0 Å². The summed E-state index contributed by atoms with van der Waals surface area (Å²) in [5, 5.41) is 14.4. The first-order valence-corrected chi connectivity index (χ1v) is 8.70. The Morgan fingerprint density at radius 3 is 2.31 bits per heavy atom. The van der Waals surface area contributed by atoms with E-state index < -0.39 is 0 Å². The minimum Gasteiger partial charge on any atom is -0.354 e. The Kier molecular flexibility index (Phi) is 7.38. The van der Waals surface area contributed by atoms with Crippen LogP contribution in [0.5, 0.6) is 0 Å². The van der Waals surface area contributed by atoms with Crippen molar-refractivity contribution in [2.75, 3.05) is 5.32 Å². The minimum absolute atomic E-state index is 0.0595. The lowest BCUT2D eigenvalue weighted by Gasteiger charge is -2.14. The molecule has 0 saturated heterocycles. The fourth-order valence-electron chi connectivity index (χ4n) is 2.53. The number of carbonyl (C=O) groups is 2. The maximum Gasteiger partial charge on any atom is 0.224 e. The third-order valence-electron chi connectivity index (χ3n) is 3.99. The quantitative estimate of drug-likeness (QED) is 0.766. The second-order valence-corrected chi connectivity index (χ2v) is 6.23. The molecule has 0 radical (unpaired) electrons. The van der Waals surface area contributed by atoms with Crippen molar-refractivity contribution in [1.29, 1.82) is 5.26 Å². The molecule has 0 aliphatic rings. The molecule has 5 heteroatoms. The molecule has 0 heterocycles. The summed E-state index contributed by atoms with van der Waals surface area (Å²) in [6.07, 6.45) is 2.03. The van der Waals surface area contributed by atoms with E-state index in [-0.39, 0.29) is 30.7 Å². The van der Waals surface area contributed by atoms with Crippen LogP contribution in [0, 0.1) is 11.3 Å². The van der Waals surface area contributed by atoms with E-state index in [2.05, 4.69) is 22.8 Å². The first kappa shape index (κ1) is 19.2. The number of nitriles is 1. The average molecular weight is 349 g/mol. The summed E-state index contributed by atoms with van der Waals surface area (Å²) in [5.41, 5.74) is 2.40. The zero-order chi connectivity index (χ0) is 18.8. The third-order valence-corrected chi connectivity index (χ3v) is 3.99. The van der Waals surface area contributed by atoms with Gasteiger partial charge in [0.05, 0.1) is 11.6 Å². The van der Waals surface area contributed by atoms with Gasteiger partial charge in [-0.3, -0.25) is 9.59 Å². The van der Waals surface area contributed by atoms with Crippen LogP contribution in [0.4, 0.5) is 5.69 Å². The Balaban J connectivity index is 1.67. The molecule has 2 aromatic rings. The van der Waals surface area contributed by atoms with Gasteiger partial charge < -0.3 is 10.6 Å². The van der Waals surface area contributed by atoms with Crippen LogP contribution in [0.15, 0.2) is 54.6 Å². The van der Waals surface area contributed by atoms with Crippen LogP contribution in [-0.4, -0.2) is 17.9 Å². The average Bonchev–Trinajstić information content (AvgIpc) is 2.66. The zero-order valence-corrected chi connectivity index (χ0v) is 14.9. The van der Waals surface area contributed by atoms with Crippen molar-refractivity contribution in [3.05, 3.63) is 65.7 Å². The molecule has 0 aromatic heterocycles. The molecule has 0 saturated carbocycles. The van der Waals surface area contributed by atoms with E-state index in [1.165, 1.54) is 5.56 Å². The number of benzene rings is 2. The highest BCUT2D eigenvalue weighted by Gasteiger charge is 2.10. The van der Waals surface area contributed by atoms with Crippen LogP contribution in [0.1, 0.15) is 37.3 Å². The van der Waals surface area contributed by atoms with Gasteiger partial charge in [0.1, 0.15) is 0 Å². The van der Waals surface area contributed by atoms with E-state index >= 15 is 0 Å². The normalized spacial score (nSPS) is 11.2. The van der Waals surface area contributed by atoms with E-state index in [1.807, 2.05) is 31.2 Å². The van der Waals surface area contributed by atoms with Gasteiger partial charge in [0.25, 0.3) is 0 Å². The number of hydrogen-bond donors (Lipinski definition) is 2. The molecule has 26 heavy (non-hydrogen) atoms. The van der Waals surface area contributed by atoms with E-state index in [0.717, 1.165) is 12.8 Å². The summed E-state index contributed by atoms with van der Waals surface area (Å²) in [7, 11) is 0. The maximum atomic E-state index is 12.0. The van der Waals surface area contributed by atoms with Crippen molar-refractivity contribution in [3.63, 3.8) is 0 Å². The second kappa shape index (κ2) is 10.00. The fraction of sp³-hybridized carbons (Fsp3) is 0.286. The monoisotopic (exact) mass is 349 g/mol. The molecule has 0 aliphatic heterocycles. The summed E-state index contributed by atoms with van der Waals surface area (Å²) in [6.45, 7) is 1.97. The Morgan fingerprint density at radius 2 is 1.65 bits per heavy atom. The highest BCUT2D eigenvalue weighted by atomic mass is 16.2. The first-order valence-electron chi connectivity index (χ1n) is 8.70. The smallest absolute Gasteiger partial charge is 0.224 e. The molecule has 0 fully saturated rings. The van der Waals surface area contributed by atoms with Gasteiger partial charge >= 0.3 is 0 Å². The molecule has 1 unspecified atom stereocenters. The van der Waals surface area contributed by atoms with E-state index in [0.29, 0.717) is 11.3 Å². The van der Waals surface area contributed by atoms with Crippen LogP contribution >= 0.6 is 0 Å². The summed E-state index contributed by atoms with van der Waals surface area (Å²) < 4.78 is 0. The van der Waals surface area contributed by atoms with Crippen molar-refractivity contribution in [2.45, 2.75) is 38.6 Å². The molecule has 2 aromatic carbocycles. The van der Waals surface area contributed by atoms with E-state index in [4.69, 9.17) is 5.26 Å². The molecule has 2 rings (SSSR count). The van der Waals surface area contributed by atoms with Crippen LogP contribution in [0.25, 0.3) is 0 Å². The van der Waals surface area contributed by atoms with Gasteiger partial charge in [-0.1, -0.05) is 30.3 Å². The van der Waals surface area contributed by atoms with Gasteiger partial charge in [-0.25, -0.2) is 0 Å². The van der Waals surface area contributed by atoms with E-state index in [1.54, 1.807) is 24.3 Å². The SMILES string of the molecule is CC(CCc1ccccc1)NC(=O)CCC(=O)Nc1ccc(C#N)cc1. The lowest BCUT2D eigenvalue weighted by atomic mass is 10.1. The molecule has 0 spiro atoms. The van der Waals surface area contributed by atoms with Crippen molar-refractivity contribution in [3.8, 4) is 6.07 Å². The summed E-state index contributed by atoms with van der Waals surface area (Å²) >= 11 is 0. The van der Waals surface area contributed by atoms with Gasteiger partial charge in [-0.05, 0) is 49.6 Å². The van der Waals surface area contributed by atoms with Gasteiger partial charge in [0.2, 0.25) is 11.8 Å². The Hall–Kier alpha value is -3.13. The Labute approximate surface area is 154 Å². The summed E-state index contributed by atoms with van der Waals surface area (Å²) in [6, 6.07) is 18.8. The van der Waals surface area contributed by atoms with Crippen molar-refractivity contribution < 1.29 is 9.59 Å². The topological polar surface area (TPSA) is 82.0 Å². The van der Waals surface area contributed by atoms with E-state index in [9.17, 15) is 9.59 Å². The lowest BCUT2D eigenvalue weighted by Crippen LogP contribution is -2.33. The number of hydrogen-bond acceptors (Lipinski definition) is 3.